The maximum atomic E-state index is 12.6. The molecule has 2 aromatic rings. The van der Waals surface area contributed by atoms with Crippen molar-refractivity contribution in [3.63, 3.8) is 0 Å². The molecule has 30 heavy (non-hydrogen) atoms. The third-order valence-corrected chi connectivity index (χ3v) is 5.31. The van der Waals surface area contributed by atoms with Gasteiger partial charge < -0.3 is 14.8 Å². The Bertz CT molecular complexity index is 1030. The summed E-state index contributed by atoms with van der Waals surface area (Å²) < 4.78 is 36.0. The molecule has 1 amide bonds. The van der Waals surface area contributed by atoms with Gasteiger partial charge in [0.2, 0.25) is 15.9 Å². The molecule has 0 aliphatic carbocycles. The molecular weight excluding hydrogens is 432 g/mol. The van der Waals surface area contributed by atoms with Crippen LogP contribution in [-0.2, 0) is 19.6 Å². The first-order valence-corrected chi connectivity index (χ1v) is 11.4. The highest BCUT2D eigenvalue weighted by molar-refractivity contribution is 7.92. The van der Waals surface area contributed by atoms with E-state index in [1.165, 1.54) is 18.2 Å². The van der Waals surface area contributed by atoms with E-state index in [2.05, 4.69) is 5.32 Å². The van der Waals surface area contributed by atoms with Gasteiger partial charge >= 0.3 is 5.97 Å². The van der Waals surface area contributed by atoms with Gasteiger partial charge in [0.05, 0.1) is 41.4 Å². The Kier molecular flexibility index (Phi) is 8.08. The SMILES string of the molecule is CCOC(=O)c1ccc(NC(=O)CN(c2ccccc2OCC)S(C)(=O)=O)c(Cl)c1. The van der Waals surface area contributed by atoms with Crippen LogP contribution in [0, 0.1) is 0 Å². The Labute approximate surface area is 180 Å². The molecule has 0 aliphatic rings. The van der Waals surface area contributed by atoms with E-state index < -0.39 is 28.4 Å². The Hall–Kier alpha value is -2.78. The van der Waals surface area contributed by atoms with E-state index in [4.69, 9.17) is 21.1 Å². The molecular formula is C20H23ClN2O6S. The van der Waals surface area contributed by atoms with E-state index in [0.717, 1.165) is 10.6 Å². The van der Waals surface area contributed by atoms with Gasteiger partial charge in [-0.1, -0.05) is 23.7 Å². The third kappa shape index (κ3) is 6.11. The molecule has 10 heteroatoms. The number of nitrogens with zero attached hydrogens (tertiary/aromatic N) is 1. The first-order chi connectivity index (χ1) is 14.2. The fourth-order valence-corrected chi connectivity index (χ4v) is 3.69. The molecule has 0 saturated heterocycles. The summed E-state index contributed by atoms with van der Waals surface area (Å²) in [4.78, 5) is 24.4. The first-order valence-electron chi connectivity index (χ1n) is 9.13. The molecule has 0 spiro atoms. The van der Waals surface area contributed by atoms with Crippen molar-refractivity contribution in [2.45, 2.75) is 13.8 Å². The smallest absolute Gasteiger partial charge is 0.338 e. The second-order valence-electron chi connectivity index (χ2n) is 6.13. The topological polar surface area (TPSA) is 102 Å². The van der Waals surface area contributed by atoms with Crippen LogP contribution in [0.15, 0.2) is 42.5 Å². The summed E-state index contributed by atoms with van der Waals surface area (Å²) in [5.41, 5.74) is 0.727. The molecule has 0 bridgehead atoms. The average Bonchev–Trinajstić information content (AvgIpc) is 2.68. The second kappa shape index (κ2) is 10.3. The summed E-state index contributed by atoms with van der Waals surface area (Å²) in [5, 5.41) is 2.68. The fourth-order valence-electron chi connectivity index (χ4n) is 2.60. The molecule has 162 valence electrons. The van der Waals surface area contributed by atoms with Crippen LogP contribution in [0.5, 0.6) is 5.75 Å². The normalized spacial score (nSPS) is 10.9. The number of benzene rings is 2. The van der Waals surface area contributed by atoms with Crippen LogP contribution in [0.3, 0.4) is 0 Å². The van der Waals surface area contributed by atoms with Crippen molar-refractivity contribution in [2.24, 2.45) is 0 Å². The van der Waals surface area contributed by atoms with Crippen LogP contribution < -0.4 is 14.4 Å². The van der Waals surface area contributed by atoms with Crippen molar-refractivity contribution in [2.75, 3.05) is 35.6 Å². The van der Waals surface area contributed by atoms with Crippen molar-refractivity contribution in [3.8, 4) is 5.75 Å². The number of hydrogen-bond donors (Lipinski definition) is 1. The number of esters is 1. The van der Waals surface area contributed by atoms with Gasteiger partial charge in [-0.3, -0.25) is 9.10 Å². The quantitative estimate of drug-likeness (QED) is 0.583. The highest BCUT2D eigenvalue weighted by atomic mass is 35.5. The number of carbonyl (C=O) groups is 2. The van der Waals surface area contributed by atoms with Crippen molar-refractivity contribution in [1.82, 2.24) is 0 Å². The number of nitrogens with one attached hydrogen (secondary N) is 1. The molecule has 0 aromatic heterocycles. The lowest BCUT2D eigenvalue weighted by atomic mass is 10.2. The number of para-hydroxylation sites is 2. The van der Waals surface area contributed by atoms with Gasteiger partial charge in [0, 0.05) is 0 Å². The van der Waals surface area contributed by atoms with Gasteiger partial charge in [-0.05, 0) is 44.2 Å². The van der Waals surface area contributed by atoms with Gasteiger partial charge in [0.25, 0.3) is 0 Å². The van der Waals surface area contributed by atoms with Crippen molar-refractivity contribution in [3.05, 3.63) is 53.1 Å². The standard InChI is InChI=1S/C20H23ClN2O6S/c1-4-28-18-9-7-6-8-17(18)23(30(3,26)27)13-19(24)22-16-11-10-14(12-15(16)21)20(25)29-5-2/h6-12H,4-5,13H2,1-3H3,(H,22,24). The molecule has 0 unspecified atom stereocenters. The first kappa shape index (κ1) is 23.5. The molecule has 2 aromatic carbocycles. The van der Waals surface area contributed by atoms with E-state index in [1.54, 1.807) is 38.1 Å². The molecule has 0 atom stereocenters. The van der Waals surface area contributed by atoms with Crippen molar-refractivity contribution >= 4 is 44.9 Å². The summed E-state index contributed by atoms with van der Waals surface area (Å²) in [6.45, 7) is 3.53. The minimum atomic E-state index is -3.78. The zero-order valence-corrected chi connectivity index (χ0v) is 18.4. The van der Waals surface area contributed by atoms with E-state index in [9.17, 15) is 18.0 Å². The summed E-state index contributed by atoms with van der Waals surface area (Å²) in [7, 11) is -3.78. The molecule has 0 saturated carbocycles. The Morgan fingerprint density at radius 3 is 2.40 bits per heavy atom. The van der Waals surface area contributed by atoms with Crippen LogP contribution in [0.25, 0.3) is 0 Å². The zero-order chi connectivity index (χ0) is 22.3. The van der Waals surface area contributed by atoms with E-state index in [1.807, 2.05) is 0 Å². The predicted molar refractivity (Wildman–Crippen MR) is 116 cm³/mol. The van der Waals surface area contributed by atoms with Gasteiger partial charge in [-0.2, -0.15) is 0 Å². The Morgan fingerprint density at radius 2 is 1.80 bits per heavy atom. The third-order valence-electron chi connectivity index (χ3n) is 3.88. The van der Waals surface area contributed by atoms with Crippen LogP contribution >= 0.6 is 11.6 Å². The molecule has 8 nitrogen and oxygen atoms in total. The summed E-state index contributed by atoms with van der Waals surface area (Å²) in [6.07, 6.45) is 1.00. The lowest BCUT2D eigenvalue weighted by Crippen LogP contribution is -2.37. The summed E-state index contributed by atoms with van der Waals surface area (Å²) in [5.74, 6) is -0.805. The number of halogens is 1. The lowest BCUT2D eigenvalue weighted by Gasteiger charge is -2.24. The van der Waals surface area contributed by atoms with Gasteiger partial charge in [0.1, 0.15) is 12.3 Å². The summed E-state index contributed by atoms with van der Waals surface area (Å²) >= 11 is 6.15. The maximum absolute atomic E-state index is 12.6. The minimum Gasteiger partial charge on any atom is -0.492 e. The van der Waals surface area contributed by atoms with Crippen LogP contribution in [0.1, 0.15) is 24.2 Å². The Balaban J connectivity index is 2.23. The molecule has 0 fully saturated rings. The molecule has 1 N–H and O–H groups in total. The van der Waals surface area contributed by atoms with Gasteiger partial charge in [-0.15, -0.1) is 0 Å². The number of amides is 1. The molecule has 0 heterocycles. The predicted octanol–water partition coefficient (Wildman–Crippen LogP) is 3.32. The van der Waals surface area contributed by atoms with E-state index in [0.29, 0.717) is 12.4 Å². The van der Waals surface area contributed by atoms with Gasteiger partial charge in [-0.25, -0.2) is 13.2 Å². The zero-order valence-electron chi connectivity index (χ0n) is 16.8. The van der Waals surface area contributed by atoms with Crippen molar-refractivity contribution in [1.29, 1.82) is 0 Å². The minimum absolute atomic E-state index is 0.120. The fraction of sp³-hybridized carbons (Fsp3) is 0.300. The number of sulfonamides is 1. The van der Waals surface area contributed by atoms with Crippen LogP contribution in [0.2, 0.25) is 5.02 Å². The highest BCUT2D eigenvalue weighted by Crippen LogP contribution is 2.30. The lowest BCUT2D eigenvalue weighted by molar-refractivity contribution is -0.114. The molecule has 2 rings (SSSR count). The average molecular weight is 455 g/mol. The van der Waals surface area contributed by atoms with Crippen LogP contribution in [-0.4, -0.2) is 46.3 Å². The van der Waals surface area contributed by atoms with Crippen LogP contribution in [0.4, 0.5) is 11.4 Å². The number of rotatable bonds is 9. The monoisotopic (exact) mass is 454 g/mol. The van der Waals surface area contributed by atoms with Gasteiger partial charge in [0.15, 0.2) is 0 Å². The van der Waals surface area contributed by atoms with E-state index >= 15 is 0 Å². The number of anilines is 2. The second-order valence-corrected chi connectivity index (χ2v) is 8.45. The van der Waals surface area contributed by atoms with E-state index in [-0.39, 0.29) is 28.6 Å². The number of hydrogen-bond acceptors (Lipinski definition) is 6. The number of carbonyl (C=O) groups excluding carboxylic acids is 2. The number of ether oxygens (including phenoxy) is 2. The Morgan fingerprint density at radius 1 is 1.10 bits per heavy atom. The highest BCUT2D eigenvalue weighted by Gasteiger charge is 2.24. The summed E-state index contributed by atoms with van der Waals surface area (Å²) in [6, 6.07) is 10.8. The molecule has 0 radical (unpaired) electrons. The molecule has 0 aliphatic heterocycles. The largest absolute Gasteiger partial charge is 0.492 e. The van der Waals surface area contributed by atoms with Crippen molar-refractivity contribution < 1.29 is 27.5 Å². The maximum Gasteiger partial charge on any atom is 0.338 e.